The molecule has 1 atom stereocenters. The van der Waals surface area contributed by atoms with Crippen molar-refractivity contribution in [2.45, 2.75) is 18.8 Å². The van der Waals surface area contributed by atoms with E-state index in [1.807, 2.05) is 11.1 Å². The van der Waals surface area contributed by atoms with Crippen molar-refractivity contribution >= 4 is 0 Å². The van der Waals surface area contributed by atoms with E-state index in [0.717, 1.165) is 11.6 Å². The average molecular weight is 343 g/mol. The van der Waals surface area contributed by atoms with Gasteiger partial charge in [-0.3, -0.25) is 9.58 Å². The van der Waals surface area contributed by atoms with Crippen LogP contribution in [0.5, 0.6) is 0 Å². The lowest BCUT2D eigenvalue weighted by molar-refractivity contribution is -0.138. The fourth-order valence-corrected chi connectivity index (χ4v) is 2.85. The van der Waals surface area contributed by atoms with E-state index in [2.05, 4.69) is 5.10 Å². The smallest absolute Gasteiger partial charge is 0.371 e. The Morgan fingerprint density at radius 3 is 2.79 bits per heavy atom. The monoisotopic (exact) mass is 343 g/mol. The molecule has 4 nitrogen and oxygen atoms in total. The number of aromatic nitrogens is 2. The molecular formula is C16H17F4N3O. The second-order valence-corrected chi connectivity index (χ2v) is 5.84. The number of rotatable bonds is 3. The third-order valence-electron chi connectivity index (χ3n) is 4.02. The minimum Gasteiger partial charge on any atom is -0.371 e. The molecule has 0 amide bonds. The molecule has 1 aliphatic heterocycles. The Kier molecular flexibility index (Phi) is 4.60. The van der Waals surface area contributed by atoms with Crippen molar-refractivity contribution in [2.24, 2.45) is 7.05 Å². The van der Waals surface area contributed by atoms with Gasteiger partial charge in [0, 0.05) is 38.4 Å². The second-order valence-electron chi connectivity index (χ2n) is 5.84. The highest BCUT2D eigenvalue weighted by atomic mass is 19.4. The predicted molar refractivity (Wildman–Crippen MR) is 78.6 cm³/mol. The largest absolute Gasteiger partial charge is 0.416 e. The maximum absolute atomic E-state index is 13.2. The maximum atomic E-state index is 13.2. The van der Waals surface area contributed by atoms with Crippen molar-refractivity contribution in [1.82, 2.24) is 14.7 Å². The molecule has 1 aromatic heterocycles. The molecule has 24 heavy (non-hydrogen) atoms. The van der Waals surface area contributed by atoms with Gasteiger partial charge in [0.1, 0.15) is 5.82 Å². The van der Waals surface area contributed by atoms with Crippen LogP contribution in [0.4, 0.5) is 17.6 Å². The first-order valence-corrected chi connectivity index (χ1v) is 7.51. The molecule has 0 N–H and O–H groups in total. The molecule has 0 aliphatic carbocycles. The summed E-state index contributed by atoms with van der Waals surface area (Å²) in [5, 5.41) is 4.08. The minimum absolute atomic E-state index is 0.0655. The van der Waals surface area contributed by atoms with E-state index in [-0.39, 0.29) is 18.2 Å². The molecule has 0 unspecified atom stereocenters. The molecule has 0 saturated carbocycles. The number of morpholine rings is 1. The molecule has 1 fully saturated rings. The highest BCUT2D eigenvalue weighted by Gasteiger charge is 2.34. The normalized spacial score (nSPS) is 19.6. The van der Waals surface area contributed by atoms with E-state index < -0.39 is 17.6 Å². The highest BCUT2D eigenvalue weighted by Crippen LogP contribution is 2.33. The minimum atomic E-state index is -4.58. The van der Waals surface area contributed by atoms with E-state index in [1.54, 1.807) is 17.9 Å². The van der Waals surface area contributed by atoms with Crippen LogP contribution in [0, 0.1) is 5.82 Å². The van der Waals surface area contributed by atoms with Crippen LogP contribution in [0.25, 0.3) is 0 Å². The number of hydrogen-bond donors (Lipinski definition) is 0. The van der Waals surface area contributed by atoms with Gasteiger partial charge in [-0.05, 0) is 17.7 Å². The van der Waals surface area contributed by atoms with Gasteiger partial charge < -0.3 is 4.74 Å². The molecule has 0 bridgehead atoms. The van der Waals surface area contributed by atoms with Gasteiger partial charge in [-0.1, -0.05) is 6.07 Å². The van der Waals surface area contributed by atoms with Gasteiger partial charge in [0.05, 0.1) is 24.5 Å². The van der Waals surface area contributed by atoms with Crippen LogP contribution in [0.1, 0.15) is 22.8 Å². The molecule has 2 aromatic rings. The molecule has 3 rings (SSSR count). The zero-order valence-electron chi connectivity index (χ0n) is 13.1. The molecule has 1 aromatic carbocycles. The number of alkyl halides is 3. The first kappa shape index (κ1) is 16.9. The second kappa shape index (κ2) is 6.52. The van der Waals surface area contributed by atoms with Gasteiger partial charge in [-0.15, -0.1) is 0 Å². The highest BCUT2D eigenvalue weighted by molar-refractivity contribution is 5.30. The number of aryl methyl sites for hydroxylation is 1. The third-order valence-corrected chi connectivity index (χ3v) is 4.02. The Morgan fingerprint density at radius 2 is 2.12 bits per heavy atom. The zero-order chi connectivity index (χ0) is 17.3. The van der Waals surface area contributed by atoms with E-state index in [4.69, 9.17) is 4.74 Å². The lowest BCUT2D eigenvalue weighted by atomic mass is 10.1. The van der Waals surface area contributed by atoms with Crippen molar-refractivity contribution in [2.75, 3.05) is 19.7 Å². The molecule has 1 aliphatic rings. The maximum Gasteiger partial charge on any atom is 0.416 e. The van der Waals surface area contributed by atoms with Crippen LogP contribution in [0.15, 0.2) is 30.6 Å². The first-order chi connectivity index (χ1) is 11.3. The quantitative estimate of drug-likeness (QED) is 0.802. The van der Waals surface area contributed by atoms with Crippen molar-refractivity contribution in [3.8, 4) is 0 Å². The topological polar surface area (TPSA) is 30.3 Å². The molecule has 0 spiro atoms. The van der Waals surface area contributed by atoms with Gasteiger partial charge in [-0.25, -0.2) is 4.39 Å². The summed E-state index contributed by atoms with van der Waals surface area (Å²) in [6.07, 6.45) is -1.30. The van der Waals surface area contributed by atoms with Crippen LogP contribution >= 0.6 is 0 Å². The van der Waals surface area contributed by atoms with Crippen molar-refractivity contribution in [1.29, 1.82) is 0 Å². The molecule has 8 heteroatoms. The number of ether oxygens (including phenoxy) is 1. The van der Waals surface area contributed by atoms with E-state index in [0.29, 0.717) is 25.8 Å². The van der Waals surface area contributed by atoms with Crippen LogP contribution in [-0.2, 0) is 24.5 Å². The lowest BCUT2D eigenvalue weighted by Gasteiger charge is -2.33. The van der Waals surface area contributed by atoms with Gasteiger partial charge in [-0.2, -0.15) is 18.3 Å². The molecule has 1 saturated heterocycles. The Bertz CT molecular complexity index is 714. The zero-order valence-corrected chi connectivity index (χ0v) is 13.1. The summed E-state index contributed by atoms with van der Waals surface area (Å²) in [6, 6.07) is 2.81. The Labute approximate surface area is 136 Å². The Balaban J connectivity index is 1.76. The van der Waals surface area contributed by atoms with Crippen molar-refractivity contribution < 1.29 is 22.3 Å². The number of halogens is 4. The molecular weight excluding hydrogens is 326 g/mol. The first-order valence-electron chi connectivity index (χ1n) is 7.51. The van der Waals surface area contributed by atoms with Gasteiger partial charge in [0.15, 0.2) is 0 Å². The van der Waals surface area contributed by atoms with Crippen LogP contribution < -0.4 is 0 Å². The summed E-state index contributed by atoms with van der Waals surface area (Å²) in [4.78, 5) is 1.88. The predicted octanol–water partition coefficient (Wildman–Crippen LogP) is 3.15. The Morgan fingerprint density at radius 1 is 1.33 bits per heavy atom. The van der Waals surface area contributed by atoms with E-state index in [1.165, 1.54) is 6.07 Å². The summed E-state index contributed by atoms with van der Waals surface area (Å²) < 4.78 is 59.9. The summed E-state index contributed by atoms with van der Waals surface area (Å²) in [5.41, 5.74) is 0.0278. The number of benzene rings is 1. The van der Waals surface area contributed by atoms with Crippen molar-refractivity contribution in [3.05, 3.63) is 53.1 Å². The fraction of sp³-hybridized carbons (Fsp3) is 0.438. The summed E-state index contributed by atoms with van der Waals surface area (Å²) >= 11 is 0. The van der Waals surface area contributed by atoms with E-state index >= 15 is 0 Å². The van der Waals surface area contributed by atoms with Gasteiger partial charge in [0.2, 0.25) is 0 Å². The number of hydrogen-bond acceptors (Lipinski definition) is 3. The summed E-state index contributed by atoms with van der Waals surface area (Å²) in [5.74, 6) is -0.888. The van der Waals surface area contributed by atoms with Gasteiger partial charge in [0.25, 0.3) is 0 Å². The molecule has 130 valence electrons. The van der Waals surface area contributed by atoms with Crippen LogP contribution in [-0.4, -0.2) is 34.4 Å². The average Bonchev–Trinajstić information content (AvgIpc) is 2.95. The summed E-state index contributed by atoms with van der Waals surface area (Å²) in [7, 11) is 1.79. The fourth-order valence-electron chi connectivity index (χ4n) is 2.85. The van der Waals surface area contributed by atoms with Gasteiger partial charge >= 0.3 is 6.18 Å². The van der Waals surface area contributed by atoms with Crippen LogP contribution in [0.3, 0.4) is 0 Å². The molecule has 2 heterocycles. The molecule has 0 radical (unpaired) electrons. The van der Waals surface area contributed by atoms with Crippen molar-refractivity contribution in [3.63, 3.8) is 0 Å². The van der Waals surface area contributed by atoms with Crippen LogP contribution in [0.2, 0.25) is 0 Å². The van der Waals surface area contributed by atoms with E-state index in [9.17, 15) is 17.6 Å². The Hall–Kier alpha value is -1.93. The standard InChI is InChI=1S/C16H17F4N3O/c1-22-8-12(7-21-22)15-10-23(4-5-24-15)9-11-2-3-13(17)6-14(11)16(18,19)20/h2-3,6-8,15H,4-5,9-10H2,1H3/t15-/m1/s1. The third kappa shape index (κ3) is 3.76. The number of nitrogens with zero attached hydrogens (tertiary/aromatic N) is 3. The lowest BCUT2D eigenvalue weighted by Crippen LogP contribution is -2.38. The SMILES string of the molecule is Cn1cc([C@H]2CN(Cc3ccc(F)cc3C(F)(F)F)CCO2)cn1. The summed E-state index contributed by atoms with van der Waals surface area (Å²) in [6.45, 7) is 1.49.